The molecule has 11 nitrogen and oxygen atoms in total. The Morgan fingerprint density at radius 1 is 1.02 bits per heavy atom. The number of likely N-dealkylation sites (tertiary alicyclic amines) is 1. The third kappa shape index (κ3) is 4.21. The number of fused-ring (bicyclic) bond motifs is 3. The number of ether oxygens (including phenoxy) is 4. The molecule has 5 rings (SSSR count). The lowest BCUT2D eigenvalue weighted by Crippen LogP contribution is -2.74. The third-order valence-corrected chi connectivity index (χ3v) is 7.96. The Kier molecular flexibility index (Phi) is 6.97. The Morgan fingerprint density at radius 3 is 2.37 bits per heavy atom. The summed E-state index contributed by atoms with van der Waals surface area (Å²) in [4.78, 5) is 57.4. The maximum Gasteiger partial charge on any atom is 0.413 e. The summed E-state index contributed by atoms with van der Waals surface area (Å²) < 4.78 is 22.1. The minimum atomic E-state index is -2.09. The number of hydrogen-bond acceptors (Lipinski definition) is 9. The molecule has 1 spiro atoms. The van der Waals surface area contributed by atoms with Crippen molar-refractivity contribution in [3.05, 3.63) is 59.7 Å². The van der Waals surface area contributed by atoms with Crippen molar-refractivity contribution in [3.63, 3.8) is 0 Å². The maximum absolute atomic E-state index is 14.1. The van der Waals surface area contributed by atoms with E-state index in [0.29, 0.717) is 0 Å². The molecule has 0 saturated carbocycles. The second kappa shape index (κ2) is 10.1. The topological polar surface area (TPSA) is 132 Å². The maximum atomic E-state index is 14.1. The minimum Gasteiger partial charge on any atom is -0.495 e. The van der Waals surface area contributed by atoms with Crippen molar-refractivity contribution in [3.8, 4) is 5.75 Å². The number of hydrogen-bond donors (Lipinski definition) is 1. The summed E-state index contributed by atoms with van der Waals surface area (Å²) in [5.41, 5.74) is -4.00. The van der Waals surface area contributed by atoms with E-state index < -0.39 is 52.8 Å². The van der Waals surface area contributed by atoms with E-state index in [0.717, 1.165) is 10.5 Å². The number of anilines is 1. The molecule has 11 heteroatoms. The van der Waals surface area contributed by atoms with Crippen LogP contribution in [0, 0.1) is 5.92 Å². The van der Waals surface area contributed by atoms with Crippen molar-refractivity contribution in [2.75, 3.05) is 19.1 Å². The fourth-order valence-electron chi connectivity index (χ4n) is 6.50. The van der Waals surface area contributed by atoms with E-state index in [1.807, 2.05) is 6.07 Å². The van der Waals surface area contributed by atoms with E-state index in [2.05, 4.69) is 0 Å². The highest BCUT2D eigenvalue weighted by molar-refractivity contribution is 6.04. The largest absolute Gasteiger partial charge is 0.495 e. The van der Waals surface area contributed by atoms with E-state index in [1.165, 1.54) is 19.1 Å². The molecule has 0 bridgehead atoms. The second-order valence-electron chi connectivity index (χ2n) is 11.5. The second-order valence-corrected chi connectivity index (χ2v) is 11.5. The van der Waals surface area contributed by atoms with Gasteiger partial charge in [-0.05, 0) is 38.8 Å². The molecule has 3 heterocycles. The molecule has 3 aliphatic rings. The number of carbonyl (C=O) groups excluding carboxylic acids is 4. The third-order valence-electron chi connectivity index (χ3n) is 7.96. The van der Waals surface area contributed by atoms with Crippen LogP contribution in [0.1, 0.15) is 51.2 Å². The molecule has 41 heavy (non-hydrogen) atoms. The van der Waals surface area contributed by atoms with Gasteiger partial charge in [-0.1, -0.05) is 42.5 Å². The Hall–Kier alpha value is -4.12. The normalized spacial score (nSPS) is 26.5. The first-order chi connectivity index (χ1) is 19.4. The summed E-state index contributed by atoms with van der Waals surface area (Å²) in [6.07, 6.45) is -1.46. The first kappa shape index (κ1) is 28.4. The van der Waals surface area contributed by atoms with E-state index in [9.17, 15) is 24.3 Å². The molecule has 2 amide bonds. The van der Waals surface area contributed by atoms with Gasteiger partial charge in [0.2, 0.25) is 5.91 Å². The lowest BCUT2D eigenvalue weighted by atomic mass is 9.72. The quantitative estimate of drug-likeness (QED) is 0.428. The van der Waals surface area contributed by atoms with E-state index in [-0.39, 0.29) is 42.9 Å². The molecule has 0 aliphatic carbocycles. The molecule has 2 saturated heterocycles. The number of para-hydroxylation sites is 1. The summed E-state index contributed by atoms with van der Waals surface area (Å²) in [5.74, 6) is -3.00. The number of rotatable bonds is 5. The van der Waals surface area contributed by atoms with Gasteiger partial charge < -0.3 is 24.1 Å². The monoisotopic (exact) mass is 566 g/mol. The van der Waals surface area contributed by atoms with Gasteiger partial charge in [-0.2, -0.15) is 0 Å². The highest BCUT2D eigenvalue weighted by atomic mass is 16.6. The predicted octanol–water partition coefficient (Wildman–Crippen LogP) is 3.26. The Morgan fingerprint density at radius 2 is 1.73 bits per heavy atom. The van der Waals surface area contributed by atoms with Crippen LogP contribution >= 0.6 is 0 Å². The lowest BCUT2D eigenvalue weighted by molar-refractivity contribution is -0.169. The van der Waals surface area contributed by atoms with Crippen molar-refractivity contribution < 1.29 is 43.2 Å². The number of amides is 2. The summed E-state index contributed by atoms with van der Waals surface area (Å²) >= 11 is 0. The summed E-state index contributed by atoms with van der Waals surface area (Å²) in [5, 5.41) is 12.7. The SMILES string of the molecule is COC(=O)[C@H]1CCC(=O)N2c3c(OC)cccc3[C@@]3(O)C[C@H](C(=O)OCc4ccccc4)N(C(=O)OC(C)(C)C)[C@@]123. The Bertz CT molecular complexity index is 1390. The molecule has 218 valence electrons. The number of benzene rings is 2. The van der Waals surface area contributed by atoms with Crippen LogP contribution in [0.25, 0.3) is 0 Å². The van der Waals surface area contributed by atoms with Gasteiger partial charge in [0.1, 0.15) is 35.5 Å². The summed E-state index contributed by atoms with van der Waals surface area (Å²) in [6.45, 7) is 4.88. The molecular weight excluding hydrogens is 532 g/mol. The Balaban J connectivity index is 1.73. The zero-order valence-corrected chi connectivity index (χ0v) is 23.7. The molecule has 2 aromatic rings. The van der Waals surface area contributed by atoms with Gasteiger partial charge in [0, 0.05) is 18.4 Å². The van der Waals surface area contributed by atoms with E-state index in [4.69, 9.17) is 18.9 Å². The average Bonchev–Trinajstić information content (AvgIpc) is 3.33. The van der Waals surface area contributed by atoms with E-state index >= 15 is 0 Å². The fraction of sp³-hybridized carbons (Fsp3) is 0.467. The minimum absolute atomic E-state index is 0.0360. The van der Waals surface area contributed by atoms with Crippen LogP contribution in [0.4, 0.5) is 10.5 Å². The van der Waals surface area contributed by atoms with Gasteiger partial charge in [0.15, 0.2) is 5.66 Å². The highest BCUT2D eigenvalue weighted by Gasteiger charge is 2.80. The van der Waals surface area contributed by atoms with Gasteiger partial charge in [-0.3, -0.25) is 19.4 Å². The van der Waals surface area contributed by atoms with Crippen LogP contribution in [0.3, 0.4) is 0 Å². The fourth-order valence-corrected chi connectivity index (χ4v) is 6.50. The van der Waals surface area contributed by atoms with Gasteiger partial charge in [-0.15, -0.1) is 0 Å². The molecule has 2 aromatic carbocycles. The van der Waals surface area contributed by atoms with Crippen molar-refractivity contribution in [2.45, 2.75) is 69.5 Å². The van der Waals surface area contributed by atoms with Crippen molar-refractivity contribution in [1.29, 1.82) is 0 Å². The summed E-state index contributed by atoms with van der Waals surface area (Å²) in [6, 6.07) is 12.5. The number of carbonyl (C=O) groups is 4. The number of methoxy groups -OCH3 is 2. The average molecular weight is 567 g/mol. The zero-order valence-electron chi connectivity index (χ0n) is 23.7. The standard InChI is InChI=1S/C30H34N2O9/c1-28(2,3)41-27(36)31-21(26(35)40-17-18-10-7-6-8-11-18)16-29(37)19-12-9-13-22(38-4)24(19)32-23(33)15-14-20(25(34)39-5)30(29,31)32/h6-13,20-21,37H,14-17H2,1-5H3/t20-,21-,29+,30+/m1/s1. The lowest BCUT2D eigenvalue weighted by Gasteiger charge is -2.53. The van der Waals surface area contributed by atoms with Crippen LogP contribution in [0.2, 0.25) is 0 Å². The van der Waals surface area contributed by atoms with Gasteiger partial charge in [0.25, 0.3) is 0 Å². The van der Waals surface area contributed by atoms with Gasteiger partial charge in [0.05, 0.1) is 19.9 Å². The van der Waals surface area contributed by atoms with Crippen LogP contribution in [0.5, 0.6) is 5.75 Å². The first-order valence-corrected chi connectivity index (χ1v) is 13.4. The zero-order chi connectivity index (χ0) is 29.7. The number of aliphatic hydroxyl groups is 1. The molecule has 0 unspecified atom stereocenters. The smallest absolute Gasteiger partial charge is 0.413 e. The van der Waals surface area contributed by atoms with Crippen molar-refractivity contribution in [1.82, 2.24) is 4.90 Å². The highest BCUT2D eigenvalue weighted by Crippen LogP contribution is 2.66. The predicted molar refractivity (Wildman–Crippen MR) is 145 cm³/mol. The first-order valence-electron chi connectivity index (χ1n) is 13.4. The molecule has 2 fully saturated rings. The molecule has 0 aromatic heterocycles. The van der Waals surface area contributed by atoms with Gasteiger partial charge >= 0.3 is 18.0 Å². The number of piperidine rings is 1. The Labute approximate surface area is 237 Å². The van der Waals surface area contributed by atoms with Crippen LogP contribution in [-0.2, 0) is 40.8 Å². The van der Waals surface area contributed by atoms with Crippen molar-refractivity contribution >= 4 is 29.6 Å². The van der Waals surface area contributed by atoms with Crippen molar-refractivity contribution in [2.24, 2.45) is 5.92 Å². The van der Waals surface area contributed by atoms with Crippen LogP contribution < -0.4 is 9.64 Å². The molecule has 3 aliphatic heterocycles. The number of esters is 2. The van der Waals surface area contributed by atoms with Gasteiger partial charge in [-0.25, -0.2) is 9.59 Å². The van der Waals surface area contributed by atoms with Crippen LogP contribution in [-0.4, -0.2) is 65.5 Å². The van der Waals surface area contributed by atoms with E-state index in [1.54, 1.807) is 63.2 Å². The number of nitrogens with zero attached hydrogens (tertiary/aromatic N) is 2. The molecule has 0 radical (unpaired) electrons. The van der Waals surface area contributed by atoms with Crippen LogP contribution in [0.15, 0.2) is 48.5 Å². The molecule has 4 atom stereocenters. The summed E-state index contributed by atoms with van der Waals surface area (Å²) in [7, 11) is 2.61. The molecule has 1 N–H and O–H groups in total. The molecular formula is C30H34N2O9.